The number of halogens is 3. The van der Waals surface area contributed by atoms with Gasteiger partial charge in [-0.3, -0.25) is 0 Å². The van der Waals surface area contributed by atoms with Gasteiger partial charge in [0.2, 0.25) is 0 Å². The SMILES string of the molecule is CN(C(=O)OC(C)(C)C)C(F)(F)F. The molecular formula is C7H12F3NO2. The standard InChI is InChI=1S/C7H12F3NO2/c1-6(2,3)13-5(12)11(4)7(8,9)10/h1-4H3. The number of carbonyl (C=O) groups is 1. The summed E-state index contributed by atoms with van der Waals surface area (Å²) in [6.07, 6.45) is -6.09. The maximum Gasteiger partial charge on any atom is 0.489 e. The summed E-state index contributed by atoms with van der Waals surface area (Å²) in [7, 11) is 0.619. The van der Waals surface area contributed by atoms with Crippen molar-refractivity contribution in [2.45, 2.75) is 32.7 Å². The van der Waals surface area contributed by atoms with E-state index in [1.54, 1.807) is 0 Å². The lowest BCUT2D eigenvalue weighted by Gasteiger charge is -2.25. The third-order valence-corrected chi connectivity index (χ3v) is 1.05. The summed E-state index contributed by atoms with van der Waals surface area (Å²) in [5.41, 5.74) is -0.920. The van der Waals surface area contributed by atoms with E-state index in [0.29, 0.717) is 7.05 Å². The number of hydrogen-bond donors (Lipinski definition) is 0. The minimum absolute atomic E-state index is 0.405. The van der Waals surface area contributed by atoms with Crippen molar-refractivity contribution in [3.05, 3.63) is 0 Å². The lowest BCUT2D eigenvalue weighted by Crippen LogP contribution is -2.42. The molecule has 0 bridgehead atoms. The Morgan fingerprint density at radius 2 is 1.62 bits per heavy atom. The Kier molecular flexibility index (Phi) is 3.18. The largest absolute Gasteiger partial charge is 0.489 e. The number of carbonyl (C=O) groups excluding carboxylic acids is 1. The minimum atomic E-state index is -4.69. The van der Waals surface area contributed by atoms with Gasteiger partial charge in [0.1, 0.15) is 5.60 Å². The summed E-state index contributed by atoms with van der Waals surface area (Å²) in [6.45, 7) is 4.49. The molecule has 0 aliphatic rings. The van der Waals surface area contributed by atoms with Gasteiger partial charge in [0, 0.05) is 7.05 Å². The Morgan fingerprint density at radius 1 is 1.23 bits per heavy atom. The van der Waals surface area contributed by atoms with Crippen LogP contribution in [-0.4, -0.2) is 29.9 Å². The quantitative estimate of drug-likeness (QED) is 0.560. The molecule has 0 unspecified atom stereocenters. The Labute approximate surface area is 74.5 Å². The highest BCUT2D eigenvalue weighted by Gasteiger charge is 2.40. The van der Waals surface area contributed by atoms with Crippen LogP contribution in [0.15, 0.2) is 0 Å². The molecule has 0 heterocycles. The molecule has 3 nitrogen and oxygen atoms in total. The Balaban J connectivity index is 4.30. The van der Waals surface area contributed by atoms with Crippen molar-refractivity contribution in [3.63, 3.8) is 0 Å². The third kappa shape index (κ3) is 4.59. The molecule has 1 amide bonds. The fraction of sp³-hybridized carbons (Fsp3) is 0.857. The molecule has 0 aliphatic carbocycles. The fourth-order valence-electron chi connectivity index (χ4n) is 0.434. The number of hydrogen-bond acceptors (Lipinski definition) is 2. The van der Waals surface area contributed by atoms with Gasteiger partial charge in [-0.2, -0.15) is 0 Å². The van der Waals surface area contributed by atoms with Gasteiger partial charge in [-0.1, -0.05) is 0 Å². The smallest absolute Gasteiger partial charge is 0.444 e. The van der Waals surface area contributed by atoms with Crippen LogP contribution < -0.4 is 0 Å². The molecule has 0 radical (unpaired) electrons. The van der Waals surface area contributed by atoms with E-state index in [1.165, 1.54) is 20.8 Å². The first-order valence-corrected chi connectivity index (χ1v) is 3.57. The maximum atomic E-state index is 11.9. The molecule has 0 saturated carbocycles. The van der Waals surface area contributed by atoms with Crippen LogP contribution in [0.5, 0.6) is 0 Å². The molecular weight excluding hydrogens is 187 g/mol. The van der Waals surface area contributed by atoms with Crippen LogP contribution in [0.3, 0.4) is 0 Å². The zero-order chi connectivity index (χ0) is 10.9. The van der Waals surface area contributed by atoms with E-state index in [-0.39, 0.29) is 0 Å². The number of nitrogens with zero attached hydrogens (tertiary/aromatic N) is 1. The number of amides is 1. The van der Waals surface area contributed by atoms with E-state index in [0.717, 1.165) is 0 Å². The summed E-state index contributed by atoms with van der Waals surface area (Å²) >= 11 is 0. The van der Waals surface area contributed by atoms with Gasteiger partial charge in [-0.25, -0.2) is 9.69 Å². The van der Waals surface area contributed by atoms with E-state index in [9.17, 15) is 18.0 Å². The molecule has 0 aromatic heterocycles. The van der Waals surface area contributed by atoms with Crippen LogP contribution in [0.1, 0.15) is 20.8 Å². The van der Waals surface area contributed by atoms with E-state index in [2.05, 4.69) is 4.74 Å². The summed E-state index contributed by atoms with van der Waals surface area (Å²) in [4.78, 5) is 10.4. The first kappa shape index (κ1) is 12.1. The van der Waals surface area contributed by atoms with Crippen LogP contribution in [0.4, 0.5) is 18.0 Å². The predicted molar refractivity (Wildman–Crippen MR) is 40.1 cm³/mol. The van der Waals surface area contributed by atoms with Crippen LogP contribution in [0, 0.1) is 0 Å². The van der Waals surface area contributed by atoms with E-state index < -0.39 is 22.9 Å². The lowest BCUT2D eigenvalue weighted by atomic mass is 10.2. The first-order chi connectivity index (χ1) is 5.54. The number of alkyl halides is 3. The average Bonchev–Trinajstić information content (AvgIpc) is 1.79. The lowest BCUT2D eigenvalue weighted by molar-refractivity contribution is -0.224. The zero-order valence-electron chi connectivity index (χ0n) is 7.90. The van der Waals surface area contributed by atoms with Gasteiger partial charge >= 0.3 is 12.4 Å². The van der Waals surface area contributed by atoms with Crippen molar-refractivity contribution in [2.24, 2.45) is 0 Å². The van der Waals surface area contributed by atoms with Crippen molar-refractivity contribution in [3.8, 4) is 0 Å². The third-order valence-electron chi connectivity index (χ3n) is 1.05. The van der Waals surface area contributed by atoms with Gasteiger partial charge in [-0.05, 0) is 20.8 Å². The first-order valence-electron chi connectivity index (χ1n) is 3.57. The second-order valence-corrected chi connectivity index (χ2v) is 3.51. The van der Waals surface area contributed by atoms with E-state index in [4.69, 9.17) is 0 Å². The summed E-state index contributed by atoms with van der Waals surface area (Å²) in [6, 6.07) is 0. The molecule has 0 saturated heterocycles. The molecule has 0 aliphatic heterocycles. The molecule has 0 atom stereocenters. The van der Waals surface area contributed by atoms with Crippen LogP contribution in [-0.2, 0) is 4.74 Å². The monoisotopic (exact) mass is 199 g/mol. The van der Waals surface area contributed by atoms with Crippen molar-refractivity contribution < 1.29 is 22.7 Å². The van der Waals surface area contributed by atoms with E-state index in [1.807, 2.05) is 0 Å². The van der Waals surface area contributed by atoms with Crippen LogP contribution in [0.25, 0.3) is 0 Å². The molecule has 0 spiro atoms. The second kappa shape index (κ2) is 3.43. The number of ether oxygens (including phenoxy) is 1. The molecule has 0 aromatic rings. The molecule has 13 heavy (non-hydrogen) atoms. The van der Waals surface area contributed by atoms with Gasteiger partial charge in [-0.15, -0.1) is 13.2 Å². The molecule has 0 rings (SSSR count). The molecule has 78 valence electrons. The zero-order valence-corrected chi connectivity index (χ0v) is 7.90. The molecule has 6 heteroatoms. The highest BCUT2D eigenvalue weighted by molar-refractivity contribution is 5.68. The predicted octanol–water partition coefficient (Wildman–Crippen LogP) is 2.37. The molecule has 0 N–H and O–H groups in total. The highest BCUT2D eigenvalue weighted by Crippen LogP contribution is 2.21. The van der Waals surface area contributed by atoms with Crippen molar-refractivity contribution in [2.75, 3.05) is 7.05 Å². The van der Waals surface area contributed by atoms with Crippen LogP contribution in [0.2, 0.25) is 0 Å². The molecule has 0 fully saturated rings. The summed E-state index contributed by atoms with van der Waals surface area (Å²) in [5, 5.41) is 0. The normalized spacial score (nSPS) is 12.5. The maximum absolute atomic E-state index is 11.9. The summed E-state index contributed by atoms with van der Waals surface area (Å²) < 4.78 is 40.2. The Bertz CT molecular complexity index is 195. The molecule has 0 aromatic carbocycles. The van der Waals surface area contributed by atoms with E-state index >= 15 is 0 Å². The Hall–Kier alpha value is -0.940. The average molecular weight is 199 g/mol. The highest BCUT2D eigenvalue weighted by atomic mass is 19.4. The van der Waals surface area contributed by atoms with Gasteiger partial charge in [0.15, 0.2) is 0 Å². The van der Waals surface area contributed by atoms with Gasteiger partial charge in [0.05, 0.1) is 0 Å². The fourth-order valence-corrected chi connectivity index (χ4v) is 0.434. The number of rotatable bonds is 0. The van der Waals surface area contributed by atoms with Gasteiger partial charge in [0.25, 0.3) is 0 Å². The van der Waals surface area contributed by atoms with Crippen molar-refractivity contribution >= 4 is 6.09 Å². The summed E-state index contributed by atoms with van der Waals surface area (Å²) in [5.74, 6) is 0. The minimum Gasteiger partial charge on any atom is -0.444 e. The van der Waals surface area contributed by atoms with Crippen molar-refractivity contribution in [1.29, 1.82) is 0 Å². The Morgan fingerprint density at radius 3 is 1.85 bits per heavy atom. The van der Waals surface area contributed by atoms with Crippen LogP contribution >= 0.6 is 0 Å². The topological polar surface area (TPSA) is 29.5 Å². The van der Waals surface area contributed by atoms with Gasteiger partial charge < -0.3 is 4.74 Å². The second-order valence-electron chi connectivity index (χ2n) is 3.51. The van der Waals surface area contributed by atoms with Crippen molar-refractivity contribution in [1.82, 2.24) is 4.90 Å².